The van der Waals surface area contributed by atoms with Crippen LogP contribution in [0.15, 0.2) is 64.0 Å². The van der Waals surface area contributed by atoms with Crippen molar-refractivity contribution in [3.05, 3.63) is 74.3 Å². The van der Waals surface area contributed by atoms with Gasteiger partial charge in [0.05, 0.1) is 10.7 Å². The second-order valence-electron chi connectivity index (χ2n) is 5.53. The highest BCUT2D eigenvalue weighted by Crippen LogP contribution is 2.31. The van der Waals surface area contributed by atoms with Crippen LogP contribution < -0.4 is 4.80 Å². The third kappa shape index (κ3) is 4.03. The summed E-state index contributed by atoms with van der Waals surface area (Å²) in [6.45, 7) is 2.11. The molecule has 1 aromatic heterocycles. The maximum Gasteiger partial charge on any atom is 0.205 e. The van der Waals surface area contributed by atoms with E-state index >= 15 is 0 Å². The largest absolute Gasteiger partial charge is 0.261 e. The first-order valence-electron chi connectivity index (χ1n) is 7.78. The monoisotopic (exact) mass is 389 g/mol. The van der Waals surface area contributed by atoms with Crippen molar-refractivity contribution >= 4 is 40.8 Å². The Hall–Kier alpha value is -1.88. The molecule has 3 rings (SSSR count). The zero-order valence-electron chi connectivity index (χ0n) is 13.9. The van der Waals surface area contributed by atoms with Crippen molar-refractivity contribution in [1.82, 2.24) is 4.68 Å². The lowest BCUT2D eigenvalue weighted by atomic mass is 10.0. The number of hydrogen-bond donors (Lipinski definition) is 0. The Morgan fingerprint density at radius 1 is 1.12 bits per heavy atom. The lowest BCUT2D eigenvalue weighted by Crippen LogP contribution is -2.12. The topological polar surface area (TPSA) is 29.6 Å². The Labute approximate surface area is 160 Å². The van der Waals surface area contributed by atoms with Gasteiger partial charge < -0.3 is 0 Å². The molecule has 3 nitrogen and oxygen atoms in total. The fraction of sp³-hybridized carbons (Fsp3) is 0.158. The van der Waals surface area contributed by atoms with Gasteiger partial charge in [-0.05, 0) is 23.8 Å². The van der Waals surface area contributed by atoms with Gasteiger partial charge in [0, 0.05) is 35.1 Å². The fourth-order valence-electron chi connectivity index (χ4n) is 2.45. The third-order valence-corrected chi connectivity index (χ3v) is 5.28. The SMILES string of the molecule is CN=c1scc(-c2cc(Cl)ccc2Cl)n1N=CC(C)c1ccccc1. The molecule has 1 heterocycles. The van der Waals surface area contributed by atoms with Gasteiger partial charge in [0.15, 0.2) is 0 Å². The fourth-order valence-corrected chi connectivity index (χ4v) is 3.63. The highest BCUT2D eigenvalue weighted by molar-refractivity contribution is 7.07. The van der Waals surface area contributed by atoms with Crippen LogP contribution in [0.2, 0.25) is 10.0 Å². The molecule has 25 heavy (non-hydrogen) atoms. The van der Waals surface area contributed by atoms with E-state index in [0.717, 1.165) is 16.1 Å². The Balaban J connectivity index is 2.03. The molecule has 0 fully saturated rings. The van der Waals surface area contributed by atoms with Crippen molar-refractivity contribution in [3.63, 3.8) is 0 Å². The molecule has 0 saturated carbocycles. The van der Waals surface area contributed by atoms with Gasteiger partial charge in [-0.2, -0.15) is 5.10 Å². The minimum Gasteiger partial charge on any atom is -0.261 e. The Bertz CT molecular complexity index is 958. The van der Waals surface area contributed by atoms with Gasteiger partial charge in [0.1, 0.15) is 0 Å². The molecule has 0 saturated heterocycles. The molecule has 6 heteroatoms. The third-order valence-electron chi connectivity index (χ3n) is 3.81. The predicted molar refractivity (Wildman–Crippen MR) is 108 cm³/mol. The molecule has 0 aliphatic rings. The van der Waals surface area contributed by atoms with Crippen LogP contribution in [-0.4, -0.2) is 17.9 Å². The number of rotatable bonds is 4. The Kier molecular flexibility index (Phi) is 5.74. The minimum atomic E-state index is 0.181. The zero-order valence-corrected chi connectivity index (χ0v) is 16.2. The molecule has 0 radical (unpaired) electrons. The van der Waals surface area contributed by atoms with E-state index in [1.54, 1.807) is 19.2 Å². The number of thiazole rings is 1. The molecular weight excluding hydrogens is 373 g/mol. The van der Waals surface area contributed by atoms with Gasteiger partial charge in [-0.1, -0.05) is 60.5 Å². The van der Waals surface area contributed by atoms with Crippen molar-refractivity contribution in [1.29, 1.82) is 0 Å². The molecule has 0 aliphatic heterocycles. The highest BCUT2D eigenvalue weighted by atomic mass is 35.5. The van der Waals surface area contributed by atoms with E-state index in [1.165, 1.54) is 16.9 Å². The van der Waals surface area contributed by atoms with Crippen LogP contribution in [-0.2, 0) is 0 Å². The maximum atomic E-state index is 6.36. The van der Waals surface area contributed by atoms with Gasteiger partial charge in [0.2, 0.25) is 4.80 Å². The lowest BCUT2D eigenvalue weighted by molar-refractivity contribution is 0.836. The summed E-state index contributed by atoms with van der Waals surface area (Å²) in [5.41, 5.74) is 2.92. The van der Waals surface area contributed by atoms with Gasteiger partial charge in [0.25, 0.3) is 0 Å². The highest BCUT2D eigenvalue weighted by Gasteiger charge is 2.12. The van der Waals surface area contributed by atoms with E-state index in [1.807, 2.05) is 40.5 Å². The normalized spacial score (nSPS) is 13.5. The number of halogens is 2. The van der Waals surface area contributed by atoms with Gasteiger partial charge in [-0.3, -0.25) is 4.99 Å². The molecule has 0 amide bonds. The summed E-state index contributed by atoms with van der Waals surface area (Å²) in [6, 6.07) is 15.7. The maximum absolute atomic E-state index is 6.36. The van der Waals surface area contributed by atoms with Crippen molar-refractivity contribution < 1.29 is 0 Å². The van der Waals surface area contributed by atoms with Gasteiger partial charge in [-0.25, -0.2) is 4.68 Å². The summed E-state index contributed by atoms with van der Waals surface area (Å²) in [5.74, 6) is 0.181. The predicted octanol–water partition coefficient (Wildman–Crippen LogP) is 5.69. The smallest absolute Gasteiger partial charge is 0.205 e. The molecule has 0 bridgehead atoms. The number of nitrogens with zero attached hydrogens (tertiary/aromatic N) is 3. The second-order valence-corrected chi connectivity index (χ2v) is 7.21. The van der Waals surface area contributed by atoms with Crippen LogP contribution in [0.25, 0.3) is 11.3 Å². The molecule has 2 aromatic carbocycles. The standard InChI is InChI=1S/C19H17Cl2N3S/c1-13(14-6-4-3-5-7-14)11-23-24-18(12-25-19(24)22-2)16-10-15(20)8-9-17(16)21/h3-13H,1-2H3. The molecule has 128 valence electrons. The number of hydrogen-bond acceptors (Lipinski definition) is 3. The summed E-state index contributed by atoms with van der Waals surface area (Å²) in [6.07, 6.45) is 1.92. The first-order chi connectivity index (χ1) is 12.1. The van der Waals surface area contributed by atoms with Crippen molar-refractivity contribution in [2.75, 3.05) is 7.05 Å². The van der Waals surface area contributed by atoms with Gasteiger partial charge >= 0.3 is 0 Å². The van der Waals surface area contributed by atoms with Crippen molar-refractivity contribution in [2.45, 2.75) is 12.8 Å². The van der Waals surface area contributed by atoms with Crippen LogP contribution in [0.1, 0.15) is 18.4 Å². The summed E-state index contributed by atoms with van der Waals surface area (Å²) in [7, 11) is 1.75. The Morgan fingerprint density at radius 2 is 1.88 bits per heavy atom. The quantitative estimate of drug-likeness (QED) is 0.512. The van der Waals surface area contributed by atoms with E-state index in [-0.39, 0.29) is 5.92 Å². The average Bonchev–Trinajstić information content (AvgIpc) is 3.05. The van der Waals surface area contributed by atoms with Crippen molar-refractivity contribution in [2.24, 2.45) is 10.1 Å². The van der Waals surface area contributed by atoms with Crippen molar-refractivity contribution in [3.8, 4) is 11.3 Å². The zero-order chi connectivity index (χ0) is 17.8. The first-order valence-corrected chi connectivity index (χ1v) is 9.42. The number of benzene rings is 2. The number of aromatic nitrogens is 1. The Morgan fingerprint density at radius 3 is 2.60 bits per heavy atom. The lowest BCUT2D eigenvalue weighted by Gasteiger charge is -2.08. The van der Waals surface area contributed by atoms with Gasteiger partial charge in [-0.15, -0.1) is 11.3 Å². The molecule has 1 atom stereocenters. The van der Waals surface area contributed by atoms with Crippen LogP contribution in [0, 0.1) is 0 Å². The van der Waals surface area contributed by atoms with E-state index in [4.69, 9.17) is 23.2 Å². The first kappa shape index (κ1) is 17.9. The molecular formula is C19H17Cl2N3S. The van der Waals surface area contributed by atoms with E-state index in [0.29, 0.717) is 10.0 Å². The van der Waals surface area contributed by atoms with E-state index in [2.05, 4.69) is 29.2 Å². The van der Waals surface area contributed by atoms with Crippen LogP contribution in [0.3, 0.4) is 0 Å². The molecule has 0 aliphatic carbocycles. The molecule has 0 spiro atoms. The summed E-state index contributed by atoms with van der Waals surface area (Å²) < 4.78 is 1.81. The summed E-state index contributed by atoms with van der Waals surface area (Å²) >= 11 is 14.0. The molecule has 1 unspecified atom stereocenters. The van der Waals surface area contributed by atoms with E-state index in [9.17, 15) is 0 Å². The second kappa shape index (κ2) is 8.00. The van der Waals surface area contributed by atoms with Crippen LogP contribution >= 0.6 is 34.5 Å². The minimum absolute atomic E-state index is 0.181. The van der Waals surface area contributed by atoms with E-state index < -0.39 is 0 Å². The van der Waals surface area contributed by atoms with Crippen LogP contribution in [0.4, 0.5) is 0 Å². The molecule has 3 aromatic rings. The van der Waals surface area contributed by atoms with Crippen LogP contribution in [0.5, 0.6) is 0 Å². The molecule has 0 N–H and O–H groups in total. The average molecular weight is 390 g/mol. The summed E-state index contributed by atoms with van der Waals surface area (Å²) in [5, 5.41) is 7.92. The summed E-state index contributed by atoms with van der Waals surface area (Å²) in [4.78, 5) is 5.11.